The van der Waals surface area contributed by atoms with E-state index in [1.54, 1.807) is 12.1 Å². The van der Waals surface area contributed by atoms with Crippen molar-refractivity contribution in [2.45, 2.75) is 50.9 Å². The van der Waals surface area contributed by atoms with Gasteiger partial charge in [0.25, 0.3) is 0 Å². The van der Waals surface area contributed by atoms with E-state index in [4.69, 9.17) is 5.73 Å². The van der Waals surface area contributed by atoms with E-state index in [-0.39, 0.29) is 23.8 Å². The van der Waals surface area contributed by atoms with Crippen LogP contribution in [0.1, 0.15) is 49.3 Å². The summed E-state index contributed by atoms with van der Waals surface area (Å²) in [6, 6.07) is 7.91. The van der Waals surface area contributed by atoms with Crippen molar-refractivity contribution in [2.24, 2.45) is 0 Å². The van der Waals surface area contributed by atoms with Gasteiger partial charge in [-0.05, 0) is 36.6 Å². The Balaban J connectivity index is 1.78. The molecule has 156 valence electrons. The molecule has 1 saturated carbocycles. The molecule has 3 rings (SSSR count). The molecule has 2 aromatic carbocycles. The van der Waals surface area contributed by atoms with Crippen LogP contribution in [0.4, 0.5) is 28.9 Å². The second-order valence-electron chi connectivity index (χ2n) is 7.41. The van der Waals surface area contributed by atoms with Gasteiger partial charge in [0.05, 0.1) is 22.5 Å². The smallest absolute Gasteiger partial charge is 0.396 e. The van der Waals surface area contributed by atoms with Crippen LogP contribution in [-0.4, -0.2) is 5.91 Å². The fourth-order valence-corrected chi connectivity index (χ4v) is 3.93. The number of nitrogen functional groups attached to an aromatic ring is 1. The molecular formula is C21H23F4N3O. The Labute approximate surface area is 166 Å². The second kappa shape index (κ2) is 7.93. The van der Waals surface area contributed by atoms with Crippen LogP contribution in [0.15, 0.2) is 36.4 Å². The van der Waals surface area contributed by atoms with Crippen molar-refractivity contribution in [3.63, 3.8) is 0 Å². The number of rotatable bonds is 5. The molecule has 1 fully saturated rings. The first-order valence-corrected chi connectivity index (χ1v) is 9.39. The summed E-state index contributed by atoms with van der Waals surface area (Å²) >= 11 is 0. The quantitative estimate of drug-likeness (QED) is 0.484. The van der Waals surface area contributed by atoms with E-state index in [9.17, 15) is 22.4 Å². The number of benzene rings is 2. The van der Waals surface area contributed by atoms with Gasteiger partial charge in [-0.25, -0.2) is 4.39 Å². The van der Waals surface area contributed by atoms with Crippen LogP contribution in [0.2, 0.25) is 0 Å². The van der Waals surface area contributed by atoms with Gasteiger partial charge in [0.2, 0.25) is 5.91 Å². The fourth-order valence-electron chi connectivity index (χ4n) is 3.93. The molecule has 1 aliphatic rings. The third-order valence-electron chi connectivity index (χ3n) is 5.33. The maximum Gasteiger partial charge on any atom is 0.416 e. The van der Waals surface area contributed by atoms with E-state index in [2.05, 4.69) is 10.6 Å². The van der Waals surface area contributed by atoms with Gasteiger partial charge in [-0.1, -0.05) is 31.0 Å². The largest absolute Gasteiger partial charge is 0.416 e. The molecule has 0 bridgehead atoms. The number of hydrogen-bond acceptors (Lipinski definition) is 3. The van der Waals surface area contributed by atoms with Crippen LogP contribution in [0.3, 0.4) is 0 Å². The third kappa shape index (κ3) is 4.46. The molecule has 0 radical (unpaired) electrons. The summed E-state index contributed by atoms with van der Waals surface area (Å²) in [4.78, 5) is 11.7. The standard InChI is InChI=1S/C21H23F4N3O/c1-13(29)28-20(10-2-3-11-20)16-8-9-17(18(22)19(16)26)27-12-14-4-6-15(7-5-14)21(23,24)25/h4-9,27H,2-3,10-12,26H2,1H3,(H,28,29). The highest BCUT2D eigenvalue weighted by Gasteiger charge is 2.38. The van der Waals surface area contributed by atoms with Crippen molar-refractivity contribution in [3.8, 4) is 0 Å². The maximum atomic E-state index is 14.9. The molecule has 0 aromatic heterocycles. The molecule has 0 spiro atoms. The zero-order chi connectivity index (χ0) is 21.2. The Morgan fingerprint density at radius 2 is 1.72 bits per heavy atom. The number of nitrogens with two attached hydrogens (primary N) is 1. The lowest BCUT2D eigenvalue weighted by Crippen LogP contribution is -2.43. The third-order valence-corrected chi connectivity index (χ3v) is 5.33. The van der Waals surface area contributed by atoms with Gasteiger partial charge in [0, 0.05) is 19.0 Å². The van der Waals surface area contributed by atoms with Crippen molar-refractivity contribution < 1.29 is 22.4 Å². The second-order valence-corrected chi connectivity index (χ2v) is 7.41. The minimum atomic E-state index is -4.40. The van der Waals surface area contributed by atoms with Gasteiger partial charge < -0.3 is 16.4 Å². The molecule has 2 aromatic rings. The Bertz CT molecular complexity index is 888. The topological polar surface area (TPSA) is 67.2 Å². The molecular weight excluding hydrogens is 386 g/mol. The average Bonchev–Trinajstić information content (AvgIpc) is 3.11. The molecule has 0 saturated heterocycles. The number of anilines is 2. The number of amides is 1. The van der Waals surface area contributed by atoms with Crippen LogP contribution in [0, 0.1) is 5.82 Å². The van der Waals surface area contributed by atoms with E-state index >= 15 is 0 Å². The average molecular weight is 409 g/mol. The number of carbonyl (C=O) groups excluding carboxylic acids is 1. The van der Waals surface area contributed by atoms with Gasteiger partial charge in [0.15, 0.2) is 5.82 Å². The lowest BCUT2D eigenvalue weighted by molar-refractivity contribution is -0.137. The number of alkyl halides is 3. The van der Waals surface area contributed by atoms with E-state index in [0.29, 0.717) is 24.0 Å². The van der Waals surface area contributed by atoms with Crippen molar-refractivity contribution >= 4 is 17.3 Å². The molecule has 4 nitrogen and oxygen atoms in total. The maximum absolute atomic E-state index is 14.9. The van der Waals surface area contributed by atoms with Crippen LogP contribution in [0.5, 0.6) is 0 Å². The summed E-state index contributed by atoms with van der Waals surface area (Å²) in [6.45, 7) is 1.57. The first kappa shape index (κ1) is 21.0. The summed E-state index contributed by atoms with van der Waals surface area (Å²) in [5.74, 6) is -0.831. The summed E-state index contributed by atoms with van der Waals surface area (Å²) in [6.07, 6.45) is -1.19. The summed E-state index contributed by atoms with van der Waals surface area (Å²) in [5, 5.41) is 5.81. The summed E-state index contributed by atoms with van der Waals surface area (Å²) in [5.41, 5.74) is 5.93. The molecule has 29 heavy (non-hydrogen) atoms. The highest BCUT2D eigenvalue weighted by Crippen LogP contribution is 2.43. The molecule has 8 heteroatoms. The lowest BCUT2D eigenvalue weighted by atomic mass is 9.86. The monoisotopic (exact) mass is 409 g/mol. The predicted octanol–water partition coefficient (Wildman–Crippen LogP) is 4.94. The molecule has 0 heterocycles. The fraction of sp³-hybridized carbons (Fsp3) is 0.381. The zero-order valence-electron chi connectivity index (χ0n) is 16.0. The Kier molecular flexibility index (Phi) is 5.73. The Morgan fingerprint density at radius 3 is 2.28 bits per heavy atom. The zero-order valence-corrected chi connectivity index (χ0v) is 16.0. The van der Waals surface area contributed by atoms with E-state index in [1.807, 2.05) is 0 Å². The molecule has 0 aliphatic heterocycles. The lowest BCUT2D eigenvalue weighted by Gasteiger charge is -2.32. The Hall–Kier alpha value is -2.77. The van der Waals surface area contributed by atoms with Gasteiger partial charge in [-0.15, -0.1) is 0 Å². The normalized spacial score (nSPS) is 15.9. The van der Waals surface area contributed by atoms with Crippen LogP contribution >= 0.6 is 0 Å². The van der Waals surface area contributed by atoms with Gasteiger partial charge in [-0.3, -0.25) is 4.79 Å². The molecule has 1 aliphatic carbocycles. The van der Waals surface area contributed by atoms with Crippen molar-refractivity contribution in [1.29, 1.82) is 0 Å². The summed E-state index contributed by atoms with van der Waals surface area (Å²) < 4.78 is 52.8. The first-order chi connectivity index (χ1) is 13.6. The van der Waals surface area contributed by atoms with E-state index in [0.717, 1.165) is 25.0 Å². The highest BCUT2D eigenvalue weighted by atomic mass is 19.4. The van der Waals surface area contributed by atoms with Crippen molar-refractivity contribution in [3.05, 3.63) is 58.9 Å². The van der Waals surface area contributed by atoms with Gasteiger partial charge in [-0.2, -0.15) is 13.2 Å². The molecule has 4 N–H and O–H groups in total. The van der Waals surface area contributed by atoms with Crippen molar-refractivity contribution in [2.75, 3.05) is 11.1 Å². The SMILES string of the molecule is CC(=O)NC1(c2ccc(NCc3ccc(C(F)(F)F)cc3)c(F)c2N)CCCC1. The van der Waals surface area contributed by atoms with Crippen LogP contribution < -0.4 is 16.4 Å². The van der Waals surface area contributed by atoms with E-state index < -0.39 is 23.1 Å². The first-order valence-electron chi connectivity index (χ1n) is 9.39. The number of carbonyl (C=O) groups is 1. The minimum Gasteiger partial charge on any atom is -0.396 e. The molecule has 0 unspecified atom stereocenters. The number of halogens is 4. The van der Waals surface area contributed by atoms with Crippen LogP contribution in [-0.2, 0) is 23.1 Å². The number of nitrogens with one attached hydrogen (secondary N) is 2. The van der Waals surface area contributed by atoms with Gasteiger partial charge in [0.1, 0.15) is 0 Å². The minimum absolute atomic E-state index is 0.0296. The molecule has 1 amide bonds. The molecule has 0 atom stereocenters. The number of hydrogen-bond donors (Lipinski definition) is 3. The van der Waals surface area contributed by atoms with Crippen LogP contribution in [0.25, 0.3) is 0 Å². The summed E-state index contributed by atoms with van der Waals surface area (Å²) in [7, 11) is 0. The van der Waals surface area contributed by atoms with Crippen molar-refractivity contribution in [1.82, 2.24) is 5.32 Å². The Morgan fingerprint density at radius 1 is 1.10 bits per heavy atom. The highest BCUT2D eigenvalue weighted by molar-refractivity contribution is 5.75. The van der Waals surface area contributed by atoms with Gasteiger partial charge >= 0.3 is 6.18 Å². The van der Waals surface area contributed by atoms with E-state index in [1.165, 1.54) is 19.1 Å². The predicted molar refractivity (Wildman–Crippen MR) is 104 cm³/mol.